The van der Waals surface area contributed by atoms with Crippen molar-refractivity contribution in [1.29, 1.82) is 0 Å². The van der Waals surface area contributed by atoms with Gasteiger partial charge in [-0.05, 0) is 61.2 Å². The normalized spacial score (nSPS) is 14.9. The second-order valence-corrected chi connectivity index (χ2v) is 9.33. The maximum Gasteiger partial charge on any atom is 0.224 e. The molecule has 5 rings (SSSR count). The minimum Gasteiger partial charge on any atom is -0.369 e. The van der Waals surface area contributed by atoms with Crippen molar-refractivity contribution in [3.63, 3.8) is 0 Å². The molecule has 9 heteroatoms. The Morgan fingerprint density at radius 3 is 2.57 bits per heavy atom. The highest BCUT2D eigenvalue weighted by atomic mass is 35.5. The van der Waals surface area contributed by atoms with E-state index < -0.39 is 0 Å². The number of aromatic nitrogens is 4. The number of fused-ring (bicyclic) bond motifs is 1. The topological polar surface area (TPSA) is 70.9 Å². The summed E-state index contributed by atoms with van der Waals surface area (Å²) in [5.74, 6) is 1.41. The van der Waals surface area contributed by atoms with Crippen LogP contribution >= 0.6 is 11.6 Å². The van der Waals surface area contributed by atoms with Crippen LogP contribution in [0, 0.1) is 12.7 Å². The monoisotopic (exact) mass is 493 g/mol. The molecule has 3 heterocycles. The Morgan fingerprint density at radius 2 is 1.80 bits per heavy atom. The van der Waals surface area contributed by atoms with Gasteiger partial charge >= 0.3 is 0 Å². The average molecular weight is 494 g/mol. The number of likely N-dealkylation sites (tertiary alicyclic amines) is 1. The quantitative estimate of drug-likeness (QED) is 0.338. The zero-order valence-electron chi connectivity index (χ0n) is 19.7. The Kier molecular flexibility index (Phi) is 7.11. The third-order valence-electron chi connectivity index (χ3n) is 6.39. The molecule has 35 heavy (non-hydrogen) atoms. The highest BCUT2D eigenvalue weighted by Crippen LogP contribution is 2.24. The number of para-hydroxylation sites is 2. The SMILES string of the molecule is Cc1cc(NCCN2CCC(Nc3nc4ccccc4n3Cc3ccc(F)cc3)CC2)nc(Cl)n1. The van der Waals surface area contributed by atoms with Crippen molar-refractivity contribution in [2.75, 3.05) is 36.8 Å². The number of hydrogen-bond donors (Lipinski definition) is 2. The van der Waals surface area contributed by atoms with Gasteiger partial charge in [0.25, 0.3) is 0 Å². The van der Waals surface area contributed by atoms with Gasteiger partial charge < -0.3 is 20.1 Å². The lowest BCUT2D eigenvalue weighted by Crippen LogP contribution is -2.41. The van der Waals surface area contributed by atoms with Crippen molar-refractivity contribution in [3.05, 3.63) is 77.0 Å². The summed E-state index contributed by atoms with van der Waals surface area (Å²) >= 11 is 5.95. The van der Waals surface area contributed by atoms with Crippen molar-refractivity contribution < 1.29 is 4.39 Å². The summed E-state index contributed by atoms with van der Waals surface area (Å²) in [4.78, 5) is 15.6. The van der Waals surface area contributed by atoms with Gasteiger partial charge in [0.05, 0.1) is 17.6 Å². The number of halogens is 2. The number of nitrogens with zero attached hydrogens (tertiary/aromatic N) is 5. The number of benzene rings is 2. The minimum absolute atomic E-state index is 0.222. The number of nitrogens with one attached hydrogen (secondary N) is 2. The van der Waals surface area contributed by atoms with Crippen LogP contribution in [0.3, 0.4) is 0 Å². The standard InChI is InChI=1S/C26H29ClFN7/c1-18-16-24(33-25(27)30-18)29-12-15-34-13-10-21(11-14-34)31-26-32-22-4-2-3-5-23(22)35(26)17-19-6-8-20(28)9-7-19/h2-9,16,21H,10-15,17H2,1H3,(H,31,32)(H,29,30,33). The third kappa shape index (κ3) is 5.89. The zero-order chi connectivity index (χ0) is 24.2. The molecule has 2 aromatic carbocycles. The summed E-state index contributed by atoms with van der Waals surface area (Å²) in [6.45, 7) is 6.32. The Hall–Kier alpha value is -3.23. The number of anilines is 2. The van der Waals surface area contributed by atoms with Crippen LogP contribution in [0.2, 0.25) is 5.28 Å². The van der Waals surface area contributed by atoms with Gasteiger partial charge in [-0.15, -0.1) is 0 Å². The molecule has 0 bridgehead atoms. The number of rotatable bonds is 8. The fourth-order valence-electron chi connectivity index (χ4n) is 4.57. The van der Waals surface area contributed by atoms with Gasteiger partial charge in [0.1, 0.15) is 11.6 Å². The summed E-state index contributed by atoms with van der Waals surface area (Å²) in [5, 5.41) is 7.30. The summed E-state index contributed by atoms with van der Waals surface area (Å²) in [6.07, 6.45) is 2.08. The first kappa shape index (κ1) is 23.5. The van der Waals surface area contributed by atoms with Crippen LogP contribution in [0.1, 0.15) is 24.1 Å². The molecular weight excluding hydrogens is 465 g/mol. The van der Waals surface area contributed by atoms with Crippen LogP contribution in [-0.2, 0) is 6.54 Å². The largest absolute Gasteiger partial charge is 0.369 e. The van der Waals surface area contributed by atoms with Gasteiger partial charge in [-0.1, -0.05) is 24.3 Å². The molecule has 4 aromatic rings. The van der Waals surface area contributed by atoms with Crippen LogP contribution < -0.4 is 10.6 Å². The lowest BCUT2D eigenvalue weighted by atomic mass is 10.1. The molecule has 0 radical (unpaired) electrons. The molecule has 0 aliphatic carbocycles. The first-order chi connectivity index (χ1) is 17.0. The molecular formula is C26H29ClFN7. The van der Waals surface area contributed by atoms with Crippen LogP contribution in [0.5, 0.6) is 0 Å². The minimum atomic E-state index is -0.222. The smallest absolute Gasteiger partial charge is 0.224 e. The van der Waals surface area contributed by atoms with Crippen LogP contribution in [-0.4, -0.2) is 56.6 Å². The van der Waals surface area contributed by atoms with Gasteiger partial charge in [0.2, 0.25) is 11.2 Å². The molecule has 0 saturated carbocycles. The molecule has 0 unspecified atom stereocenters. The predicted molar refractivity (Wildman–Crippen MR) is 139 cm³/mol. The lowest BCUT2D eigenvalue weighted by molar-refractivity contribution is 0.226. The molecule has 0 amide bonds. The van der Waals surface area contributed by atoms with Crippen molar-refractivity contribution in [2.24, 2.45) is 0 Å². The number of piperidine rings is 1. The summed E-state index contributed by atoms with van der Waals surface area (Å²) in [5.41, 5.74) is 3.92. The van der Waals surface area contributed by atoms with Crippen molar-refractivity contribution >= 4 is 34.4 Å². The number of hydrogen-bond acceptors (Lipinski definition) is 6. The first-order valence-electron chi connectivity index (χ1n) is 12.0. The number of aryl methyl sites for hydroxylation is 1. The van der Waals surface area contributed by atoms with Crippen molar-refractivity contribution in [3.8, 4) is 0 Å². The molecule has 2 N–H and O–H groups in total. The fraction of sp³-hybridized carbons (Fsp3) is 0.346. The second-order valence-electron chi connectivity index (χ2n) is 8.99. The van der Waals surface area contributed by atoms with Gasteiger partial charge in [-0.2, -0.15) is 0 Å². The summed E-state index contributed by atoms with van der Waals surface area (Å²) in [7, 11) is 0. The molecule has 7 nitrogen and oxygen atoms in total. The number of imidazole rings is 1. The average Bonchev–Trinajstić information content (AvgIpc) is 3.18. The van der Waals surface area contributed by atoms with Crippen molar-refractivity contribution in [1.82, 2.24) is 24.4 Å². The van der Waals surface area contributed by atoms with Crippen LogP contribution in [0.15, 0.2) is 54.6 Å². The molecule has 182 valence electrons. The predicted octanol–water partition coefficient (Wildman–Crippen LogP) is 4.96. The molecule has 1 aliphatic heterocycles. The Morgan fingerprint density at radius 1 is 1.03 bits per heavy atom. The van der Waals surface area contributed by atoms with Gasteiger partial charge in [0.15, 0.2) is 0 Å². The molecule has 1 aliphatic rings. The van der Waals surface area contributed by atoms with E-state index in [-0.39, 0.29) is 11.1 Å². The van der Waals surface area contributed by atoms with E-state index in [1.807, 2.05) is 43.3 Å². The van der Waals surface area contributed by atoms with Crippen LogP contribution in [0.25, 0.3) is 11.0 Å². The Labute approximate surface area is 209 Å². The fourth-order valence-corrected chi connectivity index (χ4v) is 4.79. The maximum atomic E-state index is 13.4. The van der Waals surface area contributed by atoms with E-state index in [1.165, 1.54) is 12.1 Å². The Bertz CT molecular complexity index is 1260. The molecule has 1 saturated heterocycles. The van der Waals surface area contributed by atoms with Crippen LogP contribution in [0.4, 0.5) is 16.2 Å². The highest BCUT2D eigenvalue weighted by molar-refractivity contribution is 6.28. The van der Waals surface area contributed by atoms with E-state index in [2.05, 4.69) is 36.1 Å². The second kappa shape index (κ2) is 10.6. The molecule has 0 spiro atoms. The molecule has 2 aromatic heterocycles. The van der Waals surface area contributed by atoms with E-state index in [1.54, 1.807) is 0 Å². The summed E-state index contributed by atoms with van der Waals surface area (Å²) in [6, 6.07) is 17.1. The maximum absolute atomic E-state index is 13.4. The lowest BCUT2D eigenvalue weighted by Gasteiger charge is -2.32. The van der Waals surface area contributed by atoms with Gasteiger partial charge in [-0.3, -0.25) is 0 Å². The highest BCUT2D eigenvalue weighted by Gasteiger charge is 2.21. The summed E-state index contributed by atoms with van der Waals surface area (Å²) < 4.78 is 15.6. The van der Waals surface area contributed by atoms with E-state index in [0.717, 1.165) is 73.1 Å². The van der Waals surface area contributed by atoms with E-state index in [9.17, 15) is 4.39 Å². The van der Waals surface area contributed by atoms with E-state index in [0.29, 0.717) is 12.6 Å². The molecule has 0 atom stereocenters. The van der Waals surface area contributed by atoms with Gasteiger partial charge in [-0.25, -0.2) is 19.3 Å². The van der Waals surface area contributed by atoms with E-state index in [4.69, 9.17) is 16.6 Å². The molecule has 1 fully saturated rings. The van der Waals surface area contributed by atoms with E-state index >= 15 is 0 Å². The first-order valence-corrected chi connectivity index (χ1v) is 12.3. The zero-order valence-corrected chi connectivity index (χ0v) is 20.5. The third-order valence-corrected chi connectivity index (χ3v) is 6.56. The van der Waals surface area contributed by atoms with Crippen molar-refractivity contribution in [2.45, 2.75) is 32.4 Å². The Balaban J connectivity index is 1.18. The van der Waals surface area contributed by atoms with Gasteiger partial charge in [0, 0.05) is 44.0 Å².